The van der Waals surface area contributed by atoms with Crippen LogP contribution >= 0.6 is 0 Å². The monoisotopic (exact) mass is 192 g/mol. The van der Waals surface area contributed by atoms with Crippen molar-refractivity contribution in [2.75, 3.05) is 0 Å². The Bertz CT molecular complexity index is 222. The summed E-state index contributed by atoms with van der Waals surface area (Å²) in [6, 6.07) is 0. The van der Waals surface area contributed by atoms with Gasteiger partial charge in [-0.2, -0.15) is 0 Å². The molecule has 3 atom stereocenters. The lowest BCUT2D eigenvalue weighted by Gasteiger charge is -2.20. The van der Waals surface area contributed by atoms with Crippen molar-refractivity contribution in [3.05, 3.63) is 24.3 Å². The first-order valence-electron chi connectivity index (χ1n) is 5.88. The normalized spacial score (nSPS) is 29.1. The van der Waals surface area contributed by atoms with Crippen LogP contribution in [0.2, 0.25) is 0 Å². The molecule has 0 spiro atoms. The van der Waals surface area contributed by atoms with Crippen LogP contribution in [0.25, 0.3) is 0 Å². The minimum absolute atomic E-state index is 0.771. The van der Waals surface area contributed by atoms with E-state index in [4.69, 9.17) is 0 Å². The third-order valence-electron chi connectivity index (χ3n) is 3.41. The molecule has 3 unspecified atom stereocenters. The highest BCUT2D eigenvalue weighted by Crippen LogP contribution is 2.48. The summed E-state index contributed by atoms with van der Waals surface area (Å²) in [6.45, 7) is 13.1. The zero-order chi connectivity index (χ0) is 10.7. The Labute approximate surface area is 89.1 Å². The number of rotatable bonds is 5. The SMILES string of the molecule is C=CC(=CC)C(CC(C)C)C1CC1C. The van der Waals surface area contributed by atoms with Crippen LogP contribution in [0.5, 0.6) is 0 Å². The molecule has 0 aliphatic heterocycles. The van der Waals surface area contributed by atoms with E-state index in [1.165, 1.54) is 18.4 Å². The Morgan fingerprint density at radius 3 is 2.36 bits per heavy atom. The van der Waals surface area contributed by atoms with Crippen molar-refractivity contribution >= 4 is 0 Å². The van der Waals surface area contributed by atoms with Crippen LogP contribution in [0, 0.1) is 23.7 Å². The molecule has 0 aromatic rings. The van der Waals surface area contributed by atoms with Crippen molar-refractivity contribution in [2.45, 2.75) is 40.5 Å². The van der Waals surface area contributed by atoms with Crippen LogP contribution < -0.4 is 0 Å². The predicted molar refractivity (Wildman–Crippen MR) is 64.2 cm³/mol. The van der Waals surface area contributed by atoms with Gasteiger partial charge in [0.2, 0.25) is 0 Å². The van der Waals surface area contributed by atoms with Crippen molar-refractivity contribution < 1.29 is 0 Å². The minimum Gasteiger partial charge on any atom is -0.0988 e. The summed E-state index contributed by atoms with van der Waals surface area (Å²) in [5, 5.41) is 0. The molecule has 0 bridgehead atoms. The summed E-state index contributed by atoms with van der Waals surface area (Å²) in [6.07, 6.45) is 7.03. The topological polar surface area (TPSA) is 0 Å². The first kappa shape index (κ1) is 11.6. The molecule has 1 aliphatic rings. The maximum atomic E-state index is 3.93. The van der Waals surface area contributed by atoms with Crippen molar-refractivity contribution in [3.8, 4) is 0 Å². The molecule has 0 saturated heterocycles. The summed E-state index contributed by atoms with van der Waals surface area (Å²) in [5.74, 6) is 3.44. The van der Waals surface area contributed by atoms with Crippen LogP contribution in [0.1, 0.15) is 40.5 Å². The van der Waals surface area contributed by atoms with E-state index in [1.54, 1.807) is 0 Å². The van der Waals surface area contributed by atoms with E-state index < -0.39 is 0 Å². The van der Waals surface area contributed by atoms with Gasteiger partial charge in [-0.1, -0.05) is 39.5 Å². The maximum Gasteiger partial charge on any atom is -0.0132 e. The maximum absolute atomic E-state index is 3.93. The van der Waals surface area contributed by atoms with Gasteiger partial charge in [0.25, 0.3) is 0 Å². The molecule has 1 fully saturated rings. The zero-order valence-electron chi connectivity index (χ0n) is 10.1. The van der Waals surface area contributed by atoms with Crippen LogP contribution in [-0.4, -0.2) is 0 Å². The Balaban J connectivity index is 2.66. The zero-order valence-corrected chi connectivity index (χ0v) is 10.1. The second kappa shape index (κ2) is 4.82. The predicted octanol–water partition coefficient (Wildman–Crippen LogP) is 4.44. The summed E-state index contributed by atoms with van der Waals surface area (Å²) < 4.78 is 0. The van der Waals surface area contributed by atoms with Gasteiger partial charge < -0.3 is 0 Å². The van der Waals surface area contributed by atoms with E-state index in [9.17, 15) is 0 Å². The molecular formula is C14H24. The number of hydrogen-bond acceptors (Lipinski definition) is 0. The van der Waals surface area contributed by atoms with Gasteiger partial charge in [0.15, 0.2) is 0 Å². The van der Waals surface area contributed by atoms with Gasteiger partial charge in [0.05, 0.1) is 0 Å². The highest BCUT2D eigenvalue weighted by atomic mass is 14.4. The molecule has 1 rings (SSSR count). The van der Waals surface area contributed by atoms with Crippen molar-refractivity contribution in [1.82, 2.24) is 0 Å². The summed E-state index contributed by atoms with van der Waals surface area (Å²) in [5.41, 5.74) is 1.47. The van der Waals surface area contributed by atoms with Crippen LogP contribution in [-0.2, 0) is 0 Å². The van der Waals surface area contributed by atoms with Gasteiger partial charge in [-0.15, -0.1) is 0 Å². The second-order valence-electron chi connectivity index (χ2n) is 5.11. The fourth-order valence-corrected chi connectivity index (χ4v) is 2.46. The van der Waals surface area contributed by atoms with Gasteiger partial charge in [0, 0.05) is 0 Å². The largest absolute Gasteiger partial charge is 0.0988 e. The van der Waals surface area contributed by atoms with E-state index in [0.717, 1.165) is 23.7 Å². The van der Waals surface area contributed by atoms with E-state index in [1.807, 2.05) is 0 Å². The standard InChI is InChI=1S/C14H24/c1-6-12(7-2)14(8-10(3)4)13-9-11(13)5/h6-7,10-11,13-14H,1,8-9H2,2-5H3. The van der Waals surface area contributed by atoms with Crippen LogP contribution in [0.4, 0.5) is 0 Å². The molecule has 0 aromatic carbocycles. The van der Waals surface area contributed by atoms with Gasteiger partial charge >= 0.3 is 0 Å². The third kappa shape index (κ3) is 2.73. The molecule has 0 amide bonds. The number of hydrogen-bond donors (Lipinski definition) is 0. The molecule has 80 valence electrons. The fourth-order valence-electron chi connectivity index (χ4n) is 2.46. The summed E-state index contributed by atoms with van der Waals surface area (Å²) in [4.78, 5) is 0. The lowest BCUT2D eigenvalue weighted by atomic mass is 9.85. The first-order valence-corrected chi connectivity index (χ1v) is 5.88. The van der Waals surface area contributed by atoms with Crippen LogP contribution in [0.3, 0.4) is 0 Å². The lowest BCUT2D eigenvalue weighted by molar-refractivity contribution is 0.410. The van der Waals surface area contributed by atoms with Gasteiger partial charge in [-0.25, -0.2) is 0 Å². The lowest BCUT2D eigenvalue weighted by Crippen LogP contribution is -2.10. The molecule has 0 heteroatoms. The van der Waals surface area contributed by atoms with Crippen molar-refractivity contribution in [3.63, 3.8) is 0 Å². The highest BCUT2D eigenvalue weighted by molar-refractivity contribution is 5.21. The number of allylic oxidation sites excluding steroid dienone is 3. The Hall–Kier alpha value is -0.520. The quantitative estimate of drug-likeness (QED) is 0.565. The van der Waals surface area contributed by atoms with Gasteiger partial charge in [-0.3, -0.25) is 0 Å². The Kier molecular flexibility index (Phi) is 3.97. The average molecular weight is 192 g/mol. The Morgan fingerprint density at radius 2 is 2.07 bits per heavy atom. The molecule has 14 heavy (non-hydrogen) atoms. The Morgan fingerprint density at radius 1 is 1.50 bits per heavy atom. The molecule has 0 N–H and O–H groups in total. The minimum atomic E-state index is 0.771. The van der Waals surface area contributed by atoms with Crippen molar-refractivity contribution in [1.29, 1.82) is 0 Å². The van der Waals surface area contributed by atoms with Crippen LogP contribution in [0.15, 0.2) is 24.3 Å². The average Bonchev–Trinajstić information content (AvgIpc) is 2.82. The highest BCUT2D eigenvalue weighted by Gasteiger charge is 2.40. The summed E-state index contributed by atoms with van der Waals surface area (Å²) >= 11 is 0. The van der Waals surface area contributed by atoms with E-state index >= 15 is 0 Å². The molecule has 1 aliphatic carbocycles. The second-order valence-corrected chi connectivity index (χ2v) is 5.11. The van der Waals surface area contributed by atoms with Gasteiger partial charge in [0.1, 0.15) is 0 Å². The van der Waals surface area contributed by atoms with Gasteiger partial charge in [-0.05, 0) is 49.0 Å². The van der Waals surface area contributed by atoms with E-state index in [0.29, 0.717) is 0 Å². The fraction of sp³-hybridized carbons (Fsp3) is 0.714. The first-order chi connectivity index (χ1) is 6.60. The van der Waals surface area contributed by atoms with E-state index in [2.05, 4.69) is 46.4 Å². The molecule has 0 nitrogen and oxygen atoms in total. The molecule has 0 heterocycles. The van der Waals surface area contributed by atoms with Crippen molar-refractivity contribution in [2.24, 2.45) is 23.7 Å². The summed E-state index contributed by atoms with van der Waals surface area (Å²) in [7, 11) is 0. The molecule has 1 saturated carbocycles. The molecule has 0 aromatic heterocycles. The smallest absolute Gasteiger partial charge is 0.0132 e. The molecular weight excluding hydrogens is 168 g/mol. The third-order valence-corrected chi connectivity index (χ3v) is 3.41. The molecule has 0 radical (unpaired) electrons. The van der Waals surface area contributed by atoms with E-state index in [-0.39, 0.29) is 0 Å².